The van der Waals surface area contributed by atoms with Crippen LogP contribution in [0, 0.1) is 0 Å². The van der Waals surface area contributed by atoms with Crippen molar-refractivity contribution < 1.29 is 24.0 Å². The molecule has 14 rings (SSSR count). The van der Waals surface area contributed by atoms with Crippen LogP contribution in [-0.2, 0) is 0 Å². The summed E-state index contributed by atoms with van der Waals surface area (Å²) < 4.78 is 1.53. The third-order valence-corrected chi connectivity index (χ3v) is 14.9. The van der Waals surface area contributed by atoms with Gasteiger partial charge in [-0.05, 0) is 134 Å². The summed E-state index contributed by atoms with van der Waals surface area (Å²) in [6, 6.07) is 76.7. The second-order valence-electron chi connectivity index (χ2n) is 19.0. The largest absolute Gasteiger partial charge is 0.361 e. The van der Waals surface area contributed by atoms with Crippen molar-refractivity contribution in [2.45, 2.75) is 0 Å². The van der Waals surface area contributed by atoms with E-state index < -0.39 is 10.5 Å². The maximum absolute atomic E-state index is 13.6. The van der Waals surface area contributed by atoms with E-state index in [2.05, 4.69) is 9.97 Å². The topological polar surface area (TPSA) is 122 Å². The van der Waals surface area contributed by atoms with Crippen molar-refractivity contribution in [3.05, 3.63) is 321 Å². The minimum atomic E-state index is -0.407. The number of nitrogens with zero attached hydrogens (tertiary/aromatic N) is 1. The number of ketones is 2. The van der Waals surface area contributed by atoms with E-state index in [0.29, 0.717) is 59.9 Å². The Morgan fingerprint density at radius 3 is 1.33 bits per heavy atom. The molecule has 0 radical (unpaired) electrons. The molecule has 3 aromatic heterocycles. The average molecular weight is 1200 g/mol. The molecule has 13 heteroatoms. The first kappa shape index (κ1) is 57.8. The number of nitrogens with one attached hydrogen (secondary N) is 2. The first-order valence-electron chi connectivity index (χ1n) is 26.2. The Morgan fingerprint density at radius 1 is 0.333 bits per heavy atom. The lowest BCUT2D eigenvalue weighted by atomic mass is 9.97. The van der Waals surface area contributed by atoms with Crippen LogP contribution >= 0.6 is 58.0 Å². The number of hydrogen-bond donors (Lipinski definition) is 2. The van der Waals surface area contributed by atoms with E-state index in [9.17, 15) is 24.0 Å². The zero-order valence-electron chi connectivity index (χ0n) is 44.3. The van der Waals surface area contributed by atoms with E-state index in [1.807, 2.05) is 194 Å². The second-order valence-corrected chi connectivity index (χ2v) is 21.0. The highest BCUT2D eigenvalue weighted by molar-refractivity contribution is 6.68. The summed E-state index contributed by atoms with van der Waals surface area (Å²) in [7, 11) is 0. The van der Waals surface area contributed by atoms with E-state index in [-0.39, 0.29) is 17.5 Å². The molecule has 3 heterocycles. The molecule has 2 N–H and O–H groups in total. The van der Waals surface area contributed by atoms with Crippen LogP contribution in [0.4, 0.5) is 0 Å². The third kappa shape index (κ3) is 13.3. The Bertz CT molecular complexity index is 4730. The predicted octanol–water partition coefficient (Wildman–Crippen LogP) is 19.7. The first-order chi connectivity index (χ1) is 40.8. The Kier molecular flexibility index (Phi) is 18.4. The molecule has 0 aliphatic rings. The van der Waals surface area contributed by atoms with Crippen LogP contribution in [-0.4, -0.2) is 42.5 Å². The molecular formula is C71H46Cl5N3O5. The molecule has 0 atom stereocenters. The van der Waals surface area contributed by atoms with Gasteiger partial charge in [-0.15, -0.1) is 0 Å². The zero-order valence-corrected chi connectivity index (χ0v) is 48.1. The lowest BCUT2D eigenvalue weighted by Crippen LogP contribution is -2.10. The molecule has 0 saturated heterocycles. The lowest BCUT2D eigenvalue weighted by molar-refractivity contribution is 0.0963. The maximum Gasteiger partial charge on any atom is 0.262 e. The van der Waals surface area contributed by atoms with Crippen LogP contribution in [0.2, 0.25) is 15.1 Å². The number of H-pyrrole nitrogens is 2. The van der Waals surface area contributed by atoms with Crippen molar-refractivity contribution >= 4 is 151 Å². The third-order valence-electron chi connectivity index (χ3n) is 13.7. The number of carbonyl (C=O) groups is 5. The van der Waals surface area contributed by atoms with Crippen LogP contribution in [0.15, 0.2) is 267 Å². The smallest absolute Gasteiger partial charge is 0.262 e. The fourth-order valence-corrected chi connectivity index (χ4v) is 10.5. The zero-order chi connectivity index (χ0) is 58.7. The van der Waals surface area contributed by atoms with E-state index in [0.717, 1.165) is 59.1 Å². The van der Waals surface area contributed by atoms with Crippen molar-refractivity contribution in [1.82, 2.24) is 14.5 Å². The molecule has 0 bridgehead atoms. The van der Waals surface area contributed by atoms with Gasteiger partial charge in [-0.25, -0.2) is 0 Å². The minimum Gasteiger partial charge on any atom is -0.361 e. The van der Waals surface area contributed by atoms with Crippen LogP contribution in [0.3, 0.4) is 0 Å². The van der Waals surface area contributed by atoms with Gasteiger partial charge in [0.2, 0.25) is 0 Å². The monoisotopic (exact) mass is 1200 g/mol. The normalized spacial score (nSPS) is 10.7. The van der Waals surface area contributed by atoms with Crippen LogP contribution in [0.1, 0.15) is 62.9 Å². The van der Waals surface area contributed by atoms with E-state index in [4.69, 9.17) is 58.0 Å². The van der Waals surface area contributed by atoms with Gasteiger partial charge >= 0.3 is 0 Å². The number of hydrogen-bond acceptors (Lipinski definition) is 5. The molecule has 0 unspecified atom stereocenters. The molecule has 0 fully saturated rings. The number of aromatic nitrogens is 3. The summed E-state index contributed by atoms with van der Waals surface area (Å²) in [6.07, 6.45) is 5.28. The number of halogens is 5. The fourth-order valence-electron chi connectivity index (χ4n) is 9.68. The lowest BCUT2D eigenvalue weighted by Gasteiger charge is -2.05. The molecule has 0 aliphatic carbocycles. The van der Waals surface area contributed by atoms with Crippen molar-refractivity contribution in [3.63, 3.8) is 0 Å². The first-order valence-corrected chi connectivity index (χ1v) is 28.1. The van der Waals surface area contributed by atoms with E-state index in [1.165, 1.54) is 4.57 Å². The molecule has 0 aliphatic heterocycles. The van der Waals surface area contributed by atoms with Gasteiger partial charge < -0.3 is 9.97 Å². The Labute approximate surface area is 507 Å². The molecule has 0 saturated carbocycles. The van der Waals surface area contributed by atoms with E-state index in [1.54, 1.807) is 73.1 Å². The summed E-state index contributed by atoms with van der Waals surface area (Å²) in [5.74, 6) is -0.330. The van der Waals surface area contributed by atoms with Crippen molar-refractivity contribution in [2.75, 3.05) is 0 Å². The van der Waals surface area contributed by atoms with Crippen LogP contribution in [0.5, 0.6) is 0 Å². The highest BCUT2D eigenvalue weighted by Crippen LogP contribution is 2.31. The highest BCUT2D eigenvalue weighted by atomic mass is 35.5. The predicted molar refractivity (Wildman–Crippen MR) is 345 cm³/mol. The molecule has 14 aromatic rings. The Balaban J connectivity index is 0.000000127. The summed E-state index contributed by atoms with van der Waals surface area (Å²) in [6.45, 7) is 0. The minimum absolute atomic E-state index is 0.00492. The number of benzene rings is 11. The van der Waals surface area contributed by atoms with Crippen LogP contribution < -0.4 is 0 Å². The fraction of sp³-hybridized carbons (Fsp3) is 0. The second kappa shape index (κ2) is 26.7. The summed E-state index contributed by atoms with van der Waals surface area (Å²) in [5.41, 5.74) is 6.75. The summed E-state index contributed by atoms with van der Waals surface area (Å²) in [4.78, 5) is 67.4. The SMILES string of the molecule is Clc1ccc2[nH]ccc2c1.O=C(Cl)c1cccc2ccccc12.O=C(Cl)c1ccccc1.O=C(c1cccc2ccccc12)c1c[nH]c2ccc(Cl)cc12.O=C(c1cccc2ccccc12)c1cn(C(=O)c2ccccc2)c2ccc(Cl)cc12. The Hall–Kier alpha value is -9.38. The number of carbonyl (C=O) groups excluding carboxylic acids is 5. The van der Waals surface area contributed by atoms with Gasteiger partial charge in [-0.1, -0.05) is 205 Å². The number of aromatic amines is 2. The molecule has 0 spiro atoms. The van der Waals surface area contributed by atoms with Crippen molar-refractivity contribution in [3.8, 4) is 0 Å². The van der Waals surface area contributed by atoms with E-state index >= 15 is 0 Å². The molecule has 11 aromatic carbocycles. The summed E-state index contributed by atoms with van der Waals surface area (Å²) in [5, 5.41) is 9.62. The van der Waals surface area contributed by atoms with Gasteiger partial charge in [0, 0.05) is 99.8 Å². The maximum atomic E-state index is 13.6. The molecule has 8 nitrogen and oxygen atoms in total. The highest BCUT2D eigenvalue weighted by Gasteiger charge is 2.22. The molecule has 84 heavy (non-hydrogen) atoms. The van der Waals surface area contributed by atoms with Crippen LogP contribution in [0.25, 0.3) is 65.0 Å². The van der Waals surface area contributed by atoms with Crippen molar-refractivity contribution in [2.24, 2.45) is 0 Å². The quantitative estimate of drug-likeness (QED) is 0.122. The van der Waals surface area contributed by atoms with Gasteiger partial charge in [0.15, 0.2) is 11.6 Å². The molecular weight excluding hydrogens is 1150 g/mol. The number of rotatable bonds is 7. The van der Waals surface area contributed by atoms with Gasteiger partial charge in [-0.2, -0.15) is 0 Å². The van der Waals surface area contributed by atoms with Crippen molar-refractivity contribution in [1.29, 1.82) is 0 Å². The number of fused-ring (bicyclic) bond motifs is 6. The van der Waals surface area contributed by atoms with Gasteiger partial charge in [0.25, 0.3) is 16.4 Å². The Morgan fingerprint density at radius 2 is 0.786 bits per heavy atom. The molecule has 410 valence electrons. The van der Waals surface area contributed by atoms with Gasteiger partial charge in [0.05, 0.1) is 5.52 Å². The van der Waals surface area contributed by atoms with Gasteiger partial charge in [0.1, 0.15) is 0 Å². The standard InChI is InChI=1S/C26H16ClNO2.C19H12ClNO.C11H7ClO.C8H6ClN.C7H5ClO/c27-19-13-14-24-22(15-19)23(16-28(24)26(30)18-8-2-1-3-9-18)25(29)21-12-6-10-17-7-4-5-11-20(17)21;20-13-8-9-18-16(10-13)17(11-21-18)19(22)15-7-3-5-12-4-1-2-6-14(12)15;12-11(13)10-7-3-5-8-4-1-2-6-9(8)10;9-7-1-2-8-6(5-7)3-4-10-8;8-7(9)6-4-2-1-3-5-6/h1-16H;1-11,21H;1-7H;1-5,10H;1-5H. The van der Waals surface area contributed by atoms with Gasteiger partial charge in [-0.3, -0.25) is 28.5 Å². The molecule has 0 amide bonds. The average Bonchev–Trinajstić information content (AvgIpc) is 3.09. The summed E-state index contributed by atoms with van der Waals surface area (Å²) >= 11 is 28.7.